The second-order valence-corrected chi connectivity index (χ2v) is 5.55. The van der Waals surface area contributed by atoms with Crippen LogP contribution in [0.3, 0.4) is 0 Å². The number of nitrogens with one attached hydrogen (secondary N) is 1. The Morgan fingerprint density at radius 2 is 2.18 bits per heavy atom. The zero-order valence-electron chi connectivity index (χ0n) is 9.60. The van der Waals surface area contributed by atoms with E-state index in [-0.39, 0.29) is 5.75 Å². The smallest absolute Gasteiger partial charge is 0.232 e. The molecule has 0 aromatic heterocycles. The maximum absolute atomic E-state index is 11.7. The number of sulfonamides is 1. The van der Waals surface area contributed by atoms with Crippen molar-refractivity contribution in [3.8, 4) is 6.07 Å². The van der Waals surface area contributed by atoms with Gasteiger partial charge in [0.05, 0.1) is 23.1 Å². The van der Waals surface area contributed by atoms with Crippen LogP contribution in [0.1, 0.15) is 17.5 Å². The summed E-state index contributed by atoms with van der Waals surface area (Å²) in [5, 5.41) is 8.75. The number of nitriles is 1. The van der Waals surface area contributed by atoms with Gasteiger partial charge in [-0.05, 0) is 37.6 Å². The summed E-state index contributed by atoms with van der Waals surface area (Å²) in [5.41, 5.74) is 6.92. The summed E-state index contributed by atoms with van der Waals surface area (Å²) < 4.78 is 25.8. The topological polar surface area (TPSA) is 96.0 Å². The molecule has 92 valence electrons. The lowest BCUT2D eigenvalue weighted by Crippen LogP contribution is -2.19. The average molecular weight is 253 g/mol. The van der Waals surface area contributed by atoms with Crippen LogP contribution in [-0.4, -0.2) is 20.7 Å². The first-order chi connectivity index (χ1) is 7.98. The Balaban J connectivity index is 2.91. The number of hydrogen-bond donors (Lipinski definition) is 2. The van der Waals surface area contributed by atoms with Crippen molar-refractivity contribution in [2.75, 3.05) is 17.0 Å². The minimum atomic E-state index is -3.38. The van der Waals surface area contributed by atoms with E-state index in [1.54, 1.807) is 19.1 Å². The Hall–Kier alpha value is -1.58. The van der Waals surface area contributed by atoms with Crippen LogP contribution in [0.25, 0.3) is 0 Å². The first-order valence-corrected chi connectivity index (χ1v) is 6.85. The van der Waals surface area contributed by atoms with Gasteiger partial charge >= 0.3 is 0 Å². The Morgan fingerprint density at radius 1 is 1.47 bits per heavy atom. The Morgan fingerprint density at radius 3 is 2.76 bits per heavy atom. The van der Waals surface area contributed by atoms with Gasteiger partial charge < -0.3 is 5.73 Å². The lowest BCUT2D eigenvalue weighted by Gasteiger charge is -2.10. The number of hydrogen-bond acceptors (Lipinski definition) is 4. The van der Waals surface area contributed by atoms with E-state index in [1.807, 2.05) is 6.07 Å². The molecule has 0 heterocycles. The molecule has 0 aliphatic carbocycles. The molecule has 5 nitrogen and oxygen atoms in total. The highest BCUT2D eigenvalue weighted by molar-refractivity contribution is 7.92. The molecule has 0 radical (unpaired) electrons. The maximum atomic E-state index is 11.7. The average Bonchev–Trinajstić information content (AvgIpc) is 2.29. The molecule has 0 atom stereocenters. The predicted octanol–water partition coefficient (Wildman–Crippen LogP) is 0.957. The molecule has 0 fully saturated rings. The molecular weight excluding hydrogens is 238 g/mol. The number of benzene rings is 1. The van der Waals surface area contributed by atoms with E-state index in [2.05, 4.69) is 4.72 Å². The zero-order chi connectivity index (χ0) is 12.9. The molecule has 17 heavy (non-hydrogen) atoms. The minimum absolute atomic E-state index is 0.0142. The summed E-state index contributed by atoms with van der Waals surface area (Å²) in [5.74, 6) is -0.0142. The number of nitrogens with zero attached hydrogens (tertiary/aromatic N) is 1. The SMILES string of the molecule is Cc1ccc(C#N)cc1NS(=O)(=O)CCCN. The molecule has 6 heteroatoms. The molecule has 0 amide bonds. The fraction of sp³-hybridized carbons (Fsp3) is 0.364. The van der Waals surface area contributed by atoms with Crippen molar-refractivity contribution in [3.05, 3.63) is 29.3 Å². The van der Waals surface area contributed by atoms with Crippen LogP contribution >= 0.6 is 0 Å². The minimum Gasteiger partial charge on any atom is -0.330 e. The third-order valence-corrected chi connectivity index (χ3v) is 3.61. The number of nitrogens with two attached hydrogens (primary N) is 1. The van der Waals surface area contributed by atoms with Gasteiger partial charge in [0.15, 0.2) is 0 Å². The van der Waals surface area contributed by atoms with E-state index in [1.165, 1.54) is 6.07 Å². The van der Waals surface area contributed by atoms with Crippen LogP contribution < -0.4 is 10.5 Å². The van der Waals surface area contributed by atoms with Crippen molar-refractivity contribution in [3.63, 3.8) is 0 Å². The fourth-order valence-corrected chi connectivity index (χ4v) is 2.50. The highest BCUT2D eigenvalue weighted by atomic mass is 32.2. The molecule has 0 unspecified atom stereocenters. The van der Waals surface area contributed by atoms with Gasteiger partial charge in [-0.1, -0.05) is 6.07 Å². The van der Waals surface area contributed by atoms with Crippen molar-refractivity contribution in [1.82, 2.24) is 0 Å². The summed E-state index contributed by atoms with van der Waals surface area (Å²) in [6.07, 6.45) is 0.409. The molecule has 0 bridgehead atoms. The Bertz CT molecular complexity index is 532. The molecule has 0 spiro atoms. The largest absolute Gasteiger partial charge is 0.330 e. The van der Waals surface area contributed by atoms with Crippen LogP contribution in [0.15, 0.2) is 18.2 Å². The summed E-state index contributed by atoms with van der Waals surface area (Å²) in [4.78, 5) is 0. The van der Waals surface area contributed by atoms with Gasteiger partial charge in [0.1, 0.15) is 0 Å². The monoisotopic (exact) mass is 253 g/mol. The van der Waals surface area contributed by atoms with Gasteiger partial charge in [-0.3, -0.25) is 4.72 Å². The molecule has 1 aromatic rings. The van der Waals surface area contributed by atoms with Crippen molar-refractivity contribution in [1.29, 1.82) is 5.26 Å². The Labute approximate surface area is 101 Å². The summed E-state index contributed by atoms with van der Waals surface area (Å²) >= 11 is 0. The van der Waals surface area contributed by atoms with Crippen molar-refractivity contribution >= 4 is 15.7 Å². The standard InChI is InChI=1S/C11H15N3O2S/c1-9-3-4-10(8-13)7-11(9)14-17(15,16)6-2-5-12/h3-4,7,14H,2,5-6,12H2,1H3. The van der Waals surface area contributed by atoms with E-state index >= 15 is 0 Å². The molecule has 0 aliphatic heterocycles. The fourth-order valence-electron chi connectivity index (χ4n) is 1.29. The normalized spacial score (nSPS) is 10.9. The van der Waals surface area contributed by atoms with E-state index in [9.17, 15) is 8.42 Å². The van der Waals surface area contributed by atoms with Crippen LogP contribution in [0.5, 0.6) is 0 Å². The van der Waals surface area contributed by atoms with E-state index < -0.39 is 10.0 Å². The highest BCUT2D eigenvalue weighted by Gasteiger charge is 2.11. The maximum Gasteiger partial charge on any atom is 0.232 e. The van der Waals surface area contributed by atoms with Gasteiger partial charge in [0.2, 0.25) is 10.0 Å². The lowest BCUT2D eigenvalue weighted by atomic mass is 10.1. The quantitative estimate of drug-likeness (QED) is 0.816. The van der Waals surface area contributed by atoms with Crippen LogP contribution in [0.2, 0.25) is 0 Å². The predicted molar refractivity (Wildman–Crippen MR) is 67.0 cm³/mol. The second kappa shape index (κ2) is 5.66. The number of anilines is 1. The van der Waals surface area contributed by atoms with Gasteiger partial charge in [0, 0.05) is 0 Å². The molecule has 3 N–H and O–H groups in total. The van der Waals surface area contributed by atoms with E-state index in [4.69, 9.17) is 11.0 Å². The second-order valence-electron chi connectivity index (χ2n) is 3.70. The number of aryl methyl sites for hydroxylation is 1. The summed E-state index contributed by atoms with van der Waals surface area (Å²) in [7, 11) is -3.38. The van der Waals surface area contributed by atoms with Gasteiger partial charge in [-0.15, -0.1) is 0 Å². The summed E-state index contributed by atoms with van der Waals surface area (Å²) in [6, 6.07) is 6.85. The van der Waals surface area contributed by atoms with E-state index in [0.29, 0.717) is 24.2 Å². The van der Waals surface area contributed by atoms with Crippen LogP contribution in [-0.2, 0) is 10.0 Å². The zero-order valence-corrected chi connectivity index (χ0v) is 10.4. The molecule has 1 rings (SSSR count). The number of rotatable bonds is 5. The molecule has 0 saturated carbocycles. The third-order valence-electron chi connectivity index (χ3n) is 2.25. The molecule has 1 aromatic carbocycles. The summed E-state index contributed by atoms with van der Waals surface area (Å²) in [6.45, 7) is 2.11. The Kier molecular flexibility index (Phi) is 4.49. The molecule has 0 saturated heterocycles. The van der Waals surface area contributed by atoms with Crippen molar-refractivity contribution in [2.45, 2.75) is 13.3 Å². The van der Waals surface area contributed by atoms with Crippen molar-refractivity contribution in [2.24, 2.45) is 5.73 Å². The first-order valence-electron chi connectivity index (χ1n) is 5.20. The van der Waals surface area contributed by atoms with Crippen molar-refractivity contribution < 1.29 is 8.42 Å². The lowest BCUT2D eigenvalue weighted by molar-refractivity contribution is 0.598. The third kappa shape index (κ3) is 4.06. The van der Waals surface area contributed by atoms with E-state index in [0.717, 1.165) is 5.56 Å². The first kappa shape index (κ1) is 13.5. The molecule has 0 aliphatic rings. The highest BCUT2D eigenvalue weighted by Crippen LogP contribution is 2.18. The van der Waals surface area contributed by atoms with Gasteiger partial charge in [0.25, 0.3) is 0 Å². The van der Waals surface area contributed by atoms with Crippen LogP contribution in [0, 0.1) is 18.3 Å². The molecular formula is C11H15N3O2S. The van der Waals surface area contributed by atoms with Gasteiger partial charge in [-0.2, -0.15) is 5.26 Å². The van der Waals surface area contributed by atoms with Crippen LogP contribution in [0.4, 0.5) is 5.69 Å². The van der Waals surface area contributed by atoms with Gasteiger partial charge in [-0.25, -0.2) is 8.42 Å².